The van der Waals surface area contributed by atoms with Gasteiger partial charge in [0.25, 0.3) is 5.91 Å². The first kappa shape index (κ1) is 18.5. The van der Waals surface area contributed by atoms with Crippen molar-refractivity contribution in [2.75, 3.05) is 11.9 Å². The molecule has 0 saturated heterocycles. The van der Waals surface area contributed by atoms with Gasteiger partial charge in [0, 0.05) is 10.2 Å². The maximum atomic E-state index is 12.3. The molecule has 1 amide bonds. The Hall–Kier alpha value is -1.81. The smallest absolute Gasteiger partial charge is 0.262 e. The van der Waals surface area contributed by atoms with E-state index >= 15 is 0 Å². The van der Waals surface area contributed by atoms with Crippen LogP contribution in [0.15, 0.2) is 40.9 Å². The summed E-state index contributed by atoms with van der Waals surface area (Å²) in [5.74, 6) is 0.539. The monoisotopic (exact) mass is 389 g/mol. The molecule has 0 bridgehead atoms. The molecule has 2 aromatic carbocycles. The van der Waals surface area contributed by atoms with Gasteiger partial charge in [-0.2, -0.15) is 0 Å². The summed E-state index contributed by atoms with van der Waals surface area (Å²) in [6.45, 7) is 10.4. The van der Waals surface area contributed by atoms with Crippen molar-refractivity contribution >= 4 is 27.5 Å². The van der Waals surface area contributed by atoms with Crippen LogP contribution in [0, 0.1) is 13.8 Å². The highest BCUT2D eigenvalue weighted by atomic mass is 79.9. The zero-order chi connectivity index (χ0) is 17.9. The van der Waals surface area contributed by atoms with Gasteiger partial charge in [-0.3, -0.25) is 4.79 Å². The largest absolute Gasteiger partial charge is 0.484 e. The van der Waals surface area contributed by atoms with E-state index in [0.717, 1.165) is 26.9 Å². The lowest BCUT2D eigenvalue weighted by atomic mass is 9.86. The molecule has 0 aliphatic carbocycles. The fraction of sp³-hybridized carbons (Fsp3) is 0.350. The lowest BCUT2D eigenvalue weighted by Gasteiger charge is -2.23. The van der Waals surface area contributed by atoms with E-state index in [0.29, 0.717) is 5.75 Å². The normalized spacial score (nSPS) is 11.2. The summed E-state index contributed by atoms with van der Waals surface area (Å²) < 4.78 is 6.72. The first-order chi connectivity index (χ1) is 11.2. The van der Waals surface area contributed by atoms with Gasteiger partial charge in [-0.05, 0) is 54.2 Å². The maximum absolute atomic E-state index is 12.3. The quantitative estimate of drug-likeness (QED) is 0.761. The minimum absolute atomic E-state index is 0.0149. The summed E-state index contributed by atoms with van der Waals surface area (Å²) in [4.78, 5) is 12.3. The van der Waals surface area contributed by atoms with Crippen LogP contribution in [0.4, 0.5) is 5.69 Å². The molecule has 24 heavy (non-hydrogen) atoms. The molecule has 0 aliphatic heterocycles. The fourth-order valence-electron chi connectivity index (χ4n) is 2.57. The van der Waals surface area contributed by atoms with Crippen LogP contribution in [-0.2, 0) is 10.2 Å². The molecule has 0 saturated carbocycles. The van der Waals surface area contributed by atoms with Crippen LogP contribution in [-0.4, -0.2) is 12.5 Å². The second kappa shape index (κ2) is 7.39. The van der Waals surface area contributed by atoms with Crippen LogP contribution in [0.3, 0.4) is 0 Å². The second-order valence-corrected chi connectivity index (χ2v) is 7.80. The number of aryl methyl sites for hydroxylation is 2. The third kappa shape index (κ3) is 4.60. The number of carbonyl (C=O) groups is 1. The Morgan fingerprint density at radius 3 is 2.29 bits per heavy atom. The molecule has 0 atom stereocenters. The number of rotatable bonds is 4. The van der Waals surface area contributed by atoms with Crippen LogP contribution in [0.2, 0.25) is 0 Å². The lowest BCUT2D eigenvalue weighted by molar-refractivity contribution is -0.118. The number of amides is 1. The van der Waals surface area contributed by atoms with Crippen molar-refractivity contribution in [3.8, 4) is 5.75 Å². The molecule has 4 heteroatoms. The predicted molar refractivity (Wildman–Crippen MR) is 103 cm³/mol. The zero-order valence-electron chi connectivity index (χ0n) is 14.9. The van der Waals surface area contributed by atoms with Crippen LogP contribution in [0.1, 0.15) is 37.5 Å². The topological polar surface area (TPSA) is 38.3 Å². The van der Waals surface area contributed by atoms with Crippen molar-refractivity contribution in [2.45, 2.75) is 40.0 Å². The number of nitrogens with one attached hydrogen (secondary N) is 1. The summed E-state index contributed by atoms with van der Waals surface area (Å²) in [5, 5.41) is 2.95. The molecule has 0 spiro atoms. The number of hydrogen-bond acceptors (Lipinski definition) is 2. The van der Waals surface area contributed by atoms with E-state index in [1.807, 2.05) is 50.2 Å². The van der Waals surface area contributed by atoms with Crippen LogP contribution in [0.25, 0.3) is 0 Å². The van der Waals surface area contributed by atoms with Gasteiger partial charge in [0.15, 0.2) is 6.61 Å². The van der Waals surface area contributed by atoms with E-state index in [2.05, 4.69) is 42.0 Å². The number of hydrogen-bond donors (Lipinski definition) is 1. The summed E-state index contributed by atoms with van der Waals surface area (Å²) in [5.41, 5.74) is 4.08. The number of anilines is 1. The first-order valence-electron chi connectivity index (χ1n) is 7.97. The lowest BCUT2D eigenvalue weighted by Crippen LogP contribution is -2.23. The van der Waals surface area contributed by atoms with Gasteiger partial charge in [-0.25, -0.2) is 0 Å². The Morgan fingerprint density at radius 2 is 1.71 bits per heavy atom. The van der Waals surface area contributed by atoms with Gasteiger partial charge >= 0.3 is 0 Å². The highest BCUT2D eigenvalue weighted by Crippen LogP contribution is 2.29. The maximum Gasteiger partial charge on any atom is 0.262 e. The average Bonchev–Trinajstić information content (AvgIpc) is 2.50. The van der Waals surface area contributed by atoms with Gasteiger partial charge < -0.3 is 10.1 Å². The number of ether oxygens (including phenoxy) is 1. The van der Waals surface area contributed by atoms with Crippen molar-refractivity contribution in [2.24, 2.45) is 0 Å². The third-order valence-electron chi connectivity index (χ3n) is 3.79. The fourth-order valence-corrected chi connectivity index (χ4v) is 2.80. The van der Waals surface area contributed by atoms with Crippen LogP contribution >= 0.6 is 15.9 Å². The van der Waals surface area contributed by atoms with Crippen molar-refractivity contribution in [1.29, 1.82) is 0 Å². The van der Waals surface area contributed by atoms with Crippen LogP contribution < -0.4 is 10.1 Å². The summed E-state index contributed by atoms with van der Waals surface area (Å²) >= 11 is 3.53. The van der Waals surface area contributed by atoms with E-state index in [9.17, 15) is 4.79 Å². The second-order valence-electron chi connectivity index (χ2n) is 7.00. The van der Waals surface area contributed by atoms with Gasteiger partial charge in [0.2, 0.25) is 0 Å². The first-order valence-corrected chi connectivity index (χ1v) is 8.76. The summed E-state index contributed by atoms with van der Waals surface area (Å²) in [7, 11) is 0. The molecule has 3 nitrogen and oxygen atoms in total. The summed E-state index contributed by atoms with van der Waals surface area (Å²) in [6, 6.07) is 11.7. The Balaban J connectivity index is 2.05. The molecule has 0 unspecified atom stereocenters. The molecule has 0 radical (unpaired) electrons. The molecule has 1 N–H and O–H groups in total. The van der Waals surface area contributed by atoms with Crippen molar-refractivity contribution < 1.29 is 9.53 Å². The molecular weight excluding hydrogens is 366 g/mol. The number of para-hydroxylation sites is 1. The Bertz CT molecular complexity index is 725. The average molecular weight is 390 g/mol. The van der Waals surface area contributed by atoms with Gasteiger partial charge in [-0.15, -0.1) is 0 Å². The Morgan fingerprint density at radius 1 is 1.12 bits per heavy atom. The molecule has 0 heterocycles. The molecule has 2 rings (SSSR count). The molecule has 2 aromatic rings. The minimum Gasteiger partial charge on any atom is -0.484 e. The summed E-state index contributed by atoms with van der Waals surface area (Å²) in [6.07, 6.45) is 0. The highest BCUT2D eigenvalue weighted by Gasteiger charge is 2.18. The molecule has 0 aromatic heterocycles. The van der Waals surface area contributed by atoms with E-state index in [4.69, 9.17) is 4.74 Å². The highest BCUT2D eigenvalue weighted by molar-refractivity contribution is 9.10. The molecule has 0 aliphatic rings. The number of halogens is 1. The third-order valence-corrected chi connectivity index (χ3v) is 5.04. The molecule has 0 fully saturated rings. The van der Waals surface area contributed by atoms with Crippen molar-refractivity contribution in [3.63, 3.8) is 0 Å². The zero-order valence-corrected chi connectivity index (χ0v) is 16.5. The minimum atomic E-state index is -0.162. The Kier molecular flexibility index (Phi) is 5.70. The SMILES string of the molecule is Cc1cc(OCC(=O)Nc2ccccc2C(C)(C)C)cc(C)c1Br. The number of benzene rings is 2. The standard InChI is InChI=1S/C20H24BrNO2/c1-13-10-15(11-14(2)19(13)21)24-12-18(23)22-17-9-7-6-8-16(17)20(3,4)5/h6-11H,12H2,1-5H3,(H,22,23). The van der Waals surface area contributed by atoms with E-state index < -0.39 is 0 Å². The molecule has 128 valence electrons. The number of carbonyl (C=O) groups excluding carboxylic acids is 1. The van der Waals surface area contributed by atoms with Crippen molar-refractivity contribution in [3.05, 3.63) is 57.6 Å². The Labute approximate surface area is 152 Å². The predicted octanol–water partition coefficient (Wildman–Crippen LogP) is 5.38. The van der Waals surface area contributed by atoms with E-state index in [1.165, 1.54) is 0 Å². The van der Waals surface area contributed by atoms with E-state index in [1.54, 1.807) is 0 Å². The van der Waals surface area contributed by atoms with Gasteiger partial charge in [0.1, 0.15) is 5.75 Å². The van der Waals surface area contributed by atoms with Crippen molar-refractivity contribution in [1.82, 2.24) is 0 Å². The van der Waals surface area contributed by atoms with Crippen LogP contribution in [0.5, 0.6) is 5.75 Å². The molecular formula is C20H24BrNO2. The van der Waals surface area contributed by atoms with Gasteiger partial charge in [-0.1, -0.05) is 54.9 Å². The van der Waals surface area contributed by atoms with E-state index in [-0.39, 0.29) is 17.9 Å². The van der Waals surface area contributed by atoms with Gasteiger partial charge in [0.05, 0.1) is 0 Å².